The third-order valence-electron chi connectivity index (χ3n) is 5.30. The van der Waals surface area contributed by atoms with Gasteiger partial charge in [0.1, 0.15) is 10.2 Å². The second-order valence-corrected chi connectivity index (χ2v) is 9.97. The first-order chi connectivity index (χ1) is 14.4. The molecule has 0 saturated heterocycles. The lowest BCUT2D eigenvalue weighted by atomic mass is 9.91. The molecule has 1 aliphatic rings. The first-order valence-electron chi connectivity index (χ1n) is 9.87. The Morgan fingerprint density at radius 1 is 1.10 bits per heavy atom. The van der Waals surface area contributed by atoms with E-state index in [9.17, 15) is 4.79 Å². The Morgan fingerprint density at radius 2 is 1.80 bits per heavy atom. The maximum absolute atomic E-state index is 12.5. The minimum absolute atomic E-state index is 0.125. The number of aromatic nitrogens is 2. The van der Waals surface area contributed by atoms with E-state index in [-0.39, 0.29) is 18.0 Å². The number of anilines is 2. The summed E-state index contributed by atoms with van der Waals surface area (Å²) in [6.45, 7) is 0. The highest BCUT2D eigenvalue weighted by Crippen LogP contribution is 2.32. The van der Waals surface area contributed by atoms with Crippen molar-refractivity contribution in [2.75, 3.05) is 24.3 Å². The van der Waals surface area contributed by atoms with Crippen LogP contribution in [0.3, 0.4) is 0 Å². The van der Waals surface area contributed by atoms with Crippen molar-refractivity contribution in [3.63, 3.8) is 0 Å². The zero-order chi connectivity index (χ0) is 21.3. The SMILES string of the molecule is CN(C)c1nc(N[C@H]2CC[C@@H](NC(=O)c3cc(Cl)sc3Cl)CC2)nc2ccccc12. The van der Waals surface area contributed by atoms with Crippen LogP contribution < -0.4 is 15.5 Å². The Balaban J connectivity index is 1.38. The molecule has 2 N–H and O–H groups in total. The van der Waals surface area contributed by atoms with Crippen molar-refractivity contribution in [2.45, 2.75) is 37.8 Å². The molecule has 1 saturated carbocycles. The van der Waals surface area contributed by atoms with Crippen LogP contribution in [0.1, 0.15) is 36.0 Å². The molecule has 1 aliphatic carbocycles. The van der Waals surface area contributed by atoms with Gasteiger partial charge in [-0.15, -0.1) is 11.3 Å². The molecule has 3 aromatic rings. The topological polar surface area (TPSA) is 70.2 Å². The van der Waals surface area contributed by atoms with Crippen LogP contribution in [-0.2, 0) is 0 Å². The highest BCUT2D eigenvalue weighted by molar-refractivity contribution is 7.20. The summed E-state index contributed by atoms with van der Waals surface area (Å²) in [5, 5.41) is 7.60. The smallest absolute Gasteiger partial charge is 0.253 e. The number of hydrogen-bond acceptors (Lipinski definition) is 6. The fraction of sp³-hybridized carbons (Fsp3) is 0.381. The molecule has 0 unspecified atom stereocenters. The van der Waals surface area contributed by atoms with Crippen LogP contribution in [0.5, 0.6) is 0 Å². The number of hydrogen-bond donors (Lipinski definition) is 2. The number of benzene rings is 1. The Bertz CT molecular complexity index is 1060. The highest BCUT2D eigenvalue weighted by Gasteiger charge is 2.25. The van der Waals surface area contributed by atoms with Crippen molar-refractivity contribution < 1.29 is 4.79 Å². The Labute approximate surface area is 189 Å². The summed E-state index contributed by atoms with van der Waals surface area (Å²) in [5.74, 6) is 1.38. The number of carbonyl (C=O) groups excluding carboxylic acids is 1. The largest absolute Gasteiger partial charge is 0.362 e. The molecule has 4 rings (SSSR count). The van der Waals surface area contributed by atoms with Gasteiger partial charge in [0.05, 0.1) is 15.4 Å². The minimum Gasteiger partial charge on any atom is -0.362 e. The molecule has 30 heavy (non-hydrogen) atoms. The van der Waals surface area contributed by atoms with Gasteiger partial charge in [0.15, 0.2) is 0 Å². The molecular weight excluding hydrogens is 441 g/mol. The molecule has 0 atom stereocenters. The lowest BCUT2D eigenvalue weighted by Crippen LogP contribution is -2.40. The predicted molar refractivity (Wildman–Crippen MR) is 125 cm³/mol. The molecule has 0 bridgehead atoms. The maximum atomic E-state index is 12.5. The van der Waals surface area contributed by atoms with Crippen molar-refractivity contribution >= 4 is 63.1 Å². The van der Waals surface area contributed by atoms with Crippen molar-refractivity contribution in [1.29, 1.82) is 0 Å². The van der Waals surface area contributed by atoms with Gasteiger partial charge in [-0.25, -0.2) is 4.98 Å². The summed E-state index contributed by atoms with van der Waals surface area (Å²) in [4.78, 5) is 23.9. The number of rotatable bonds is 5. The summed E-state index contributed by atoms with van der Waals surface area (Å²) < 4.78 is 0.948. The second kappa shape index (κ2) is 8.96. The van der Waals surface area contributed by atoms with Gasteiger partial charge in [-0.3, -0.25) is 4.79 Å². The molecule has 6 nitrogen and oxygen atoms in total. The molecule has 0 aliphatic heterocycles. The van der Waals surface area contributed by atoms with Gasteiger partial charge in [0, 0.05) is 31.6 Å². The van der Waals surface area contributed by atoms with Crippen LogP contribution in [0.25, 0.3) is 10.9 Å². The Morgan fingerprint density at radius 3 is 2.47 bits per heavy atom. The van der Waals surface area contributed by atoms with E-state index in [0.717, 1.165) is 42.4 Å². The van der Waals surface area contributed by atoms with Crippen LogP contribution in [0.2, 0.25) is 8.67 Å². The molecule has 158 valence electrons. The fourth-order valence-electron chi connectivity index (χ4n) is 3.79. The standard InChI is InChI=1S/C21H23Cl2N5OS/c1-28(2)19-14-5-3-4-6-16(14)26-21(27-19)25-13-9-7-12(8-10-13)24-20(29)15-11-17(22)30-18(15)23/h3-6,11-13H,7-10H2,1-2H3,(H,24,29)(H,25,26,27)/t12-,13+. The van der Waals surface area contributed by atoms with E-state index in [1.54, 1.807) is 6.07 Å². The third-order valence-corrected chi connectivity index (χ3v) is 6.79. The number of nitrogens with one attached hydrogen (secondary N) is 2. The number of fused-ring (bicyclic) bond motifs is 1. The summed E-state index contributed by atoms with van der Waals surface area (Å²) in [5.41, 5.74) is 1.37. The van der Waals surface area contributed by atoms with Crippen LogP contribution in [0.4, 0.5) is 11.8 Å². The first-order valence-corrected chi connectivity index (χ1v) is 11.4. The van der Waals surface area contributed by atoms with Crippen LogP contribution in [-0.4, -0.2) is 42.1 Å². The van der Waals surface area contributed by atoms with Crippen molar-refractivity contribution in [3.05, 3.63) is 44.6 Å². The van der Waals surface area contributed by atoms with E-state index in [4.69, 9.17) is 28.2 Å². The third kappa shape index (κ3) is 4.63. The molecule has 9 heteroatoms. The fourth-order valence-corrected chi connectivity index (χ4v) is 5.25. The Kier molecular flexibility index (Phi) is 6.32. The molecule has 1 aromatic carbocycles. The number of para-hydroxylation sites is 1. The zero-order valence-electron chi connectivity index (χ0n) is 16.8. The quantitative estimate of drug-likeness (QED) is 0.542. The summed E-state index contributed by atoms with van der Waals surface area (Å²) in [6, 6.07) is 10.0. The second-order valence-electron chi connectivity index (χ2n) is 7.69. The van der Waals surface area contributed by atoms with Crippen LogP contribution >= 0.6 is 34.5 Å². The molecule has 1 fully saturated rings. The van der Waals surface area contributed by atoms with E-state index in [0.29, 0.717) is 20.2 Å². The molecule has 1 amide bonds. The lowest BCUT2D eigenvalue weighted by molar-refractivity contribution is 0.0927. The average molecular weight is 464 g/mol. The zero-order valence-corrected chi connectivity index (χ0v) is 19.1. The van der Waals surface area contributed by atoms with Gasteiger partial charge in [-0.05, 0) is 43.9 Å². The molecule has 0 radical (unpaired) electrons. The summed E-state index contributed by atoms with van der Waals surface area (Å²) in [7, 11) is 3.97. The van der Waals surface area contributed by atoms with Gasteiger partial charge in [-0.1, -0.05) is 35.3 Å². The average Bonchev–Trinajstić information content (AvgIpc) is 3.07. The maximum Gasteiger partial charge on any atom is 0.253 e. The first kappa shape index (κ1) is 21.2. The minimum atomic E-state index is -0.159. The van der Waals surface area contributed by atoms with Gasteiger partial charge >= 0.3 is 0 Å². The Hall–Kier alpha value is -2.09. The van der Waals surface area contributed by atoms with Gasteiger partial charge in [0.2, 0.25) is 5.95 Å². The van der Waals surface area contributed by atoms with Crippen LogP contribution in [0, 0.1) is 0 Å². The predicted octanol–water partition coefficient (Wildman–Crippen LogP) is 5.22. The van der Waals surface area contributed by atoms with Crippen molar-refractivity contribution in [1.82, 2.24) is 15.3 Å². The normalized spacial score (nSPS) is 18.9. The van der Waals surface area contributed by atoms with E-state index >= 15 is 0 Å². The number of thiophene rings is 1. The lowest BCUT2D eigenvalue weighted by Gasteiger charge is -2.30. The summed E-state index contributed by atoms with van der Waals surface area (Å²) in [6.07, 6.45) is 3.62. The highest BCUT2D eigenvalue weighted by atomic mass is 35.5. The van der Waals surface area contributed by atoms with Crippen LogP contribution in [0.15, 0.2) is 30.3 Å². The van der Waals surface area contributed by atoms with Gasteiger partial charge < -0.3 is 15.5 Å². The van der Waals surface area contributed by atoms with E-state index < -0.39 is 0 Å². The molecule has 2 aromatic heterocycles. The summed E-state index contributed by atoms with van der Waals surface area (Å²) >= 11 is 13.2. The molecular formula is C21H23Cl2N5OS. The number of nitrogens with zero attached hydrogens (tertiary/aromatic N) is 3. The van der Waals surface area contributed by atoms with Crippen molar-refractivity contribution in [3.8, 4) is 0 Å². The van der Waals surface area contributed by atoms with E-state index in [2.05, 4.69) is 15.6 Å². The van der Waals surface area contributed by atoms with Crippen molar-refractivity contribution in [2.24, 2.45) is 0 Å². The van der Waals surface area contributed by atoms with Gasteiger partial charge in [0.25, 0.3) is 5.91 Å². The van der Waals surface area contributed by atoms with E-state index in [1.165, 1.54) is 11.3 Å². The molecule has 0 spiro atoms. The number of carbonyl (C=O) groups is 1. The van der Waals surface area contributed by atoms with Gasteiger partial charge in [-0.2, -0.15) is 4.98 Å². The number of amides is 1. The molecule has 2 heterocycles. The monoisotopic (exact) mass is 463 g/mol. The van der Waals surface area contributed by atoms with E-state index in [1.807, 2.05) is 43.3 Å². The number of halogens is 2.